The summed E-state index contributed by atoms with van der Waals surface area (Å²) in [5.74, 6) is 0.674. The van der Waals surface area contributed by atoms with Gasteiger partial charge in [0.25, 0.3) is 0 Å². The predicted octanol–water partition coefficient (Wildman–Crippen LogP) is 3.51. The predicted molar refractivity (Wildman–Crippen MR) is 86.5 cm³/mol. The average molecular weight is 278 g/mol. The number of piperidine rings is 1. The number of allylic oxidation sites excluding steroid dienone is 1. The Bertz CT molecular complexity index is 797. The van der Waals surface area contributed by atoms with Crippen molar-refractivity contribution in [2.45, 2.75) is 12.8 Å². The smallest absolute Gasteiger partial charge is 0.141 e. The second-order valence-electron chi connectivity index (χ2n) is 5.70. The summed E-state index contributed by atoms with van der Waals surface area (Å²) in [4.78, 5) is 14.2. The molecule has 1 aromatic carbocycles. The number of aromatic amines is 1. The molecule has 1 N–H and O–H groups in total. The minimum absolute atomic E-state index is 0.674. The molecule has 0 aliphatic carbocycles. The molecule has 3 heterocycles. The molecule has 0 saturated carbocycles. The van der Waals surface area contributed by atoms with Crippen molar-refractivity contribution < 1.29 is 0 Å². The van der Waals surface area contributed by atoms with Gasteiger partial charge in [-0.3, -0.25) is 0 Å². The first kappa shape index (κ1) is 12.4. The van der Waals surface area contributed by atoms with Crippen molar-refractivity contribution in [2.75, 3.05) is 18.0 Å². The fourth-order valence-corrected chi connectivity index (χ4v) is 3.21. The van der Waals surface area contributed by atoms with E-state index in [1.54, 1.807) is 6.33 Å². The monoisotopic (exact) mass is 278 g/mol. The third-order valence-electron chi connectivity index (χ3n) is 4.50. The Balaban J connectivity index is 1.71. The van der Waals surface area contributed by atoms with Crippen molar-refractivity contribution in [3.63, 3.8) is 0 Å². The van der Waals surface area contributed by atoms with E-state index in [1.807, 2.05) is 6.20 Å². The highest BCUT2D eigenvalue weighted by Gasteiger charge is 2.17. The first-order chi connectivity index (χ1) is 10.3. The maximum atomic E-state index is 4.29. The summed E-state index contributed by atoms with van der Waals surface area (Å²) in [7, 11) is 0. The van der Waals surface area contributed by atoms with Gasteiger partial charge in [-0.25, -0.2) is 9.97 Å². The van der Waals surface area contributed by atoms with Crippen LogP contribution in [-0.4, -0.2) is 28.0 Å². The van der Waals surface area contributed by atoms with Crippen LogP contribution in [0.2, 0.25) is 0 Å². The van der Waals surface area contributed by atoms with E-state index in [0.29, 0.717) is 5.92 Å². The van der Waals surface area contributed by atoms with Crippen molar-refractivity contribution in [3.8, 4) is 0 Å². The number of aromatic nitrogens is 3. The number of nitrogens with one attached hydrogen (secondary N) is 1. The van der Waals surface area contributed by atoms with Crippen LogP contribution in [0.5, 0.6) is 0 Å². The zero-order valence-electron chi connectivity index (χ0n) is 11.9. The van der Waals surface area contributed by atoms with Gasteiger partial charge in [0.05, 0.1) is 0 Å². The minimum Gasteiger partial charge on any atom is -0.371 e. The Morgan fingerprint density at radius 1 is 1.24 bits per heavy atom. The molecule has 0 atom stereocenters. The van der Waals surface area contributed by atoms with Crippen LogP contribution < -0.4 is 4.90 Å². The lowest BCUT2D eigenvalue weighted by molar-refractivity contribution is 0.479. The lowest BCUT2D eigenvalue weighted by atomic mass is 9.97. The lowest BCUT2D eigenvalue weighted by Gasteiger charge is -2.32. The summed E-state index contributed by atoms with van der Waals surface area (Å²) in [5.41, 5.74) is 3.32. The Hall–Kier alpha value is -2.36. The summed E-state index contributed by atoms with van der Waals surface area (Å²) in [6, 6.07) is 6.61. The molecule has 2 aromatic heterocycles. The molecule has 0 radical (unpaired) electrons. The highest BCUT2D eigenvalue weighted by Crippen LogP contribution is 2.29. The number of benzene rings is 1. The van der Waals surface area contributed by atoms with E-state index in [9.17, 15) is 0 Å². The van der Waals surface area contributed by atoms with Crippen LogP contribution in [0.15, 0.2) is 43.4 Å². The fraction of sp³-hybridized carbons (Fsp3) is 0.294. The maximum Gasteiger partial charge on any atom is 0.141 e. The molecule has 21 heavy (non-hydrogen) atoms. The minimum atomic E-state index is 0.674. The van der Waals surface area contributed by atoms with E-state index in [1.165, 1.54) is 23.9 Å². The van der Waals surface area contributed by atoms with Crippen LogP contribution in [0.1, 0.15) is 12.8 Å². The maximum absolute atomic E-state index is 4.29. The van der Waals surface area contributed by atoms with Gasteiger partial charge in [0.2, 0.25) is 0 Å². The van der Waals surface area contributed by atoms with Gasteiger partial charge in [-0.1, -0.05) is 12.1 Å². The van der Waals surface area contributed by atoms with Gasteiger partial charge in [0.15, 0.2) is 0 Å². The van der Waals surface area contributed by atoms with Gasteiger partial charge in [0, 0.05) is 41.3 Å². The highest BCUT2D eigenvalue weighted by atomic mass is 15.1. The molecule has 4 nitrogen and oxygen atoms in total. The van der Waals surface area contributed by atoms with Crippen LogP contribution >= 0.6 is 0 Å². The first-order valence-corrected chi connectivity index (χ1v) is 7.44. The second kappa shape index (κ2) is 4.88. The molecule has 1 aliphatic rings. The number of hydrogen-bond acceptors (Lipinski definition) is 3. The van der Waals surface area contributed by atoms with Gasteiger partial charge in [-0.15, -0.1) is 6.58 Å². The largest absolute Gasteiger partial charge is 0.371 e. The van der Waals surface area contributed by atoms with Gasteiger partial charge >= 0.3 is 0 Å². The third kappa shape index (κ3) is 2.07. The Morgan fingerprint density at radius 3 is 2.90 bits per heavy atom. The molecule has 0 amide bonds. The van der Waals surface area contributed by atoms with E-state index < -0.39 is 0 Å². The molecular weight excluding hydrogens is 260 g/mol. The van der Waals surface area contributed by atoms with Crippen molar-refractivity contribution in [3.05, 3.63) is 43.4 Å². The third-order valence-corrected chi connectivity index (χ3v) is 4.50. The number of rotatable bonds is 2. The average Bonchev–Trinajstić information content (AvgIpc) is 2.92. The molecule has 3 aromatic rings. The van der Waals surface area contributed by atoms with Crippen LogP contribution in [0.3, 0.4) is 0 Å². The van der Waals surface area contributed by atoms with E-state index in [2.05, 4.69) is 50.7 Å². The Labute approximate surface area is 123 Å². The molecule has 1 aliphatic heterocycles. The van der Waals surface area contributed by atoms with Gasteiger partial charge in [-0.05, 0) is 30.9 Å². The first-order valence-electron chi connectivity index (χ1n) is 7.44. The quantitative estimate of drug-likeness (QED) is 0.730. The fourth-order valence-electron chi connectivity index (χ4n) is 3.21. The van der Waals surface area contributed by atoms with Gasteiger partial charge in [-0.2, -0.15) is 0 Å². The molecule has 0 unspecified atom stereocenters. The standard InChI is InChI=1S/C17H18N4/c1-2-12-5-7-21(8-6-12)13-3-4-14-15-10-18-11-19-17(15)20-16(14)9-13/h2-4,9-12H,1,5-8H2,(H,18,19,20). The molecule has 1 fully saturated rings. The molecule has 0 bridgehead atoms. The van der Waals surface area contributed by atoms with Crippen molar-refractivity contribution in [2.24, 2.45) is 5.92 Å². The second-order valence-corrected chi connectivity index (χ2v) is 5.70. The summed E-state index contributed by atoms with van der Waals surface area (Å²) in [5, 5.41) is 2.28. The molecular formula is C17H18N4. The lowest BCUT2D eigenvalue weighted by Crippen LogP contribution is -2.32. The Morgan fingerprint density at radius 2 is 2.10 bits per heavy atom. The van der Waals surface area contributed by atoms with Crippen molar-refractivity contribution in [1.29, 1.82) is 0 Å². The summed E-state index contributed by atoms with van der Waals surface area (Å²) < 4.78 is 0. The van der Waals surface area contributed by atoms with Crippen LogP contribution in [0.4, 0.5) is 5.69 Å². The summed E-state index contributed by atoms with van der Waals surface area (Å²) >= 11 is 0. The topological polar surface area (TPSA) is 44.8 Å². The van der Waals surface area contributed by atoms with Crippen molar-refractivity contribution in [1.82, 2.24) is 15.0 Å². The van der Waals surface area contributed by atoms with Crippen LogP contribution in [0.25, 0.3) is 21.9 Å². The summed E-state index contributed by atoms with van der Waals surface area (Å²) in [6.45, 7) is 6.11. The van der Waals surface area contributed by atoms with E-state index >= 15 is 0 Å². The zero-order valence-corrected chi connectivity index (χ0v) is 11.9. The SMILES string of the molecule is C=CC1CCN(c2ccc3c(c2)[nH]c2ncncc23)CC1. The van der Waals surface area contributed by atoms with Gasteiger partial charge in [0.1, 0.15) is 12.0 Å². The molecule has 106 valence electrons. The van der Waals surface area contributed by atoms with Crippen molar-refractivity contribution >= 4 is 27.6 Å². The number of H-pyrrole nitrogens is 1. The Kier molecular flexibility index (Phi) is 2.88. The van der Waals surface area contributed by atoms with Gasteiger partial charge < -0.3 is 9.88 Å². The molecule has 0 spiro atoms. The van der Waals surface area contributed by atoms with E-state index in [4.69, 9.17) is 0 Å². The van der Waals surface area contributed by atoms with Crippen LogP contribution in [-0.2, 0) is 0 Å². The zero-order chi connectivity index (χ0) is 14.2. The van der Waals surface area contributed by atoms with Crippen LogP contribution in [0, 0.1) is 5.92 Å². The molecule has 1 saturated heterocycles. The number of hydrogen-bond donors (Lipinski definition) is 1. The van der Waals surface area contributed by atoms with E-state index in [0.717, 1.165) is 29.6 Å². The van der Waals surface area contributed by atoms with E-state index in [-0.39, 0.29) is 0 Å². The molecule has 4 heteroatoms. The number of nitrogens with zero attached hydrogens (tertiary/aromatic N) is 3. The highest BCUT2D eigenvalue weighted by molar-refractivity contribution is 6.06. The summed E-state index contributed by atoms with van der Waals surface area (Å²) in [6.07, 6.45) is 7.94. The molecule has 4 rings (SSSR count). The normalized spacial score (nSPS) is 16.7. The number of anilines is 1. The number of fused-ring (bicyclic) bond motifs is 3.